The van der Waals surface area contributed by atoms with E-state index in [4.69, 9.17) is 5.73 Å². The van der Waals surface area contributed by atoms with E-state index in [1.165, 1.54) is 12.4 Å². The molecule has 0 aliphatic carbocycles. The molecular formula is C9H7N3O2. The molecule has 2 aromatic heterocycles. The van der Waals surface area contributed by atoms with E-state index in [1.807, 2.05) is 0 Å². The smallest absolute Gasteiger partial charge is 0.254 e. The lowest BCUT2D eigenvalue weighted by Gasteiger charge is -1.97. The van der Waals surface area contributed by atoms with Gasteiger partial charge < -0.3 is 10.7 Å². The van der Waals surface area contributed by atoms with E-state index in [0.29, 0.717) is 5.52 Å². The molecule has 0 saturated heterocycles. The van der Waals surface area contributed by atoms with Crippen LogP contribution in [0.25, 0.3) is 11.0 Å². The minimum Gasteiger partial charge on any atom is -0.365 e. The maximum absolute atomic E-state index is 11.6. The van der Waals surface area contributed by atoms with Crippen LogP contribution >= 0.6 is 0 Å². The normalized spacial score (nSPS) is 10.3. The van der Waals surface area contributed by atoms with Crippen molar-refractivity contribution < 1.29 is 4.79 Å². The van der Waals surface area contributed by atoms with Gasteiger partial charge in [0.2, 0.25) is 5.43 Å². The van der Waals surface area contributed by atoms with Gasteiger partial charge in [-0.15, -0.1) is 0 Å². The lowest BCUT2D eigenvalue weighted by molar-refractivity contribution is 0.0999. The number of fused-ring (bicyclic) bond motifs is 1. The molecule has 0 radical (unpaired) electrons. The van der Waals surface area contributed by atoms with Crippen LogP contribution < -0.4 is 11.2 Å². The van der Waals surface area contributed by atoms with E-state index < -0.39 is 11.3 Å². The highest BCUT2D eigenvalue weighted by molar-refractivity contribution is 5.95. The Morgan fingerprint density at radius 3 is 3.00 bits per heavy atom. The molecule has 0 spiro atoms. The van der Waals surface area contributed by atoms with Crippen LogP contribution in [-0.2, 0) is 0 Å². The molecule has 5 heteroatoms. The Balaban J connectivity index is 2.89. The summed E-state index contributed by atoms with van der Waals surface area (Å²) in [5, 5.41) is 0. The van der Waals surface area contributed by atoms with Gasteiger partial charge in [0.05, 0.1) is 5.52 Å². The van der Waals surface area contributed by atoms with Crippen LogP contribution in [0.1, 0.15) is 10.4 Å². The molecule has 0 fully saturated rings. The lowest BCUT2D eigenvalue weighted by atomic mass is 10.2. The molecule has 0 saturated carbocycles. The number of H-pyrrole nitrogens is 1. The summed E-state index contributed by atoms with van der Waals surface area (Å²) in [6.07, 6.45) is 2.79. The van der Waals surface area contributed by atoms with Crippen LogP contribution in [0.4, 0.5) is 0 Å². The molecule has 0 aromatic carbocycles. The van der Waals surface area contributed by atoms with Crippen LogP contribution in [0.3, 0.4) is 0 Å². The van der Waals surface area contributed by atoms with Crippen molar-refractivity contribution >= 4 is 16.9 Å². The summed E-state index contributed by atoms with van der Waals surface area (Å²) in [5.41, 5.74) is 5.32. The van der Waals surface area contributed by atoms with Crippen molar-refractivity contribution in [2.45, 2.75) is 0 Å². The number of hydrogen-bond acceptors (Lipinski definition) is 3. The number of rotatable bonds is 1. The zero-order valence-corrected chi connectivity index (χ0v) is 7.15. The molecule has 3 N–H and O–H groups in total. The Morgan fingerprint density at radius 2 is 2.29 bits per heavy atom. The van der Waals surface area contributed by atoms with Crippen molar-refractivity contribution in [2.24, 2.45) is 5.73 Å². The Kier molecular flexibility index (Phi) is 1.78. The van der Waals surface area contributed by atoms with Crippen molar-refractivity contribution in [1.29, 1.82) is 0 Å². The Bertz CT molecular complexity index is 559. The van der Waals surface area contributed by atoms with Gasteiger partial charge in [0.15, 0.2) is 0 Å². The fourth-order valence-corrected chi connectivity index (χ4v) is 1.23. The Labute approximate surface area is 78.6 Å². The average Bonchev–Trinajstić information content (AvgIpc) is 2.18. The quantitative estimate of drug-likeness (QED) is 0.662. The number of pyridine rings is 2. The van der Waals surface area contributed by atoms with Crippen molar-refractivity contribution in [3.8, 4) is 0 Å². The van der Waals surface area contributed by atoms with Crippen LogP contribution in [-0.4, -0.2) is 15.9 Å². The van der Waals surface area contributed by atoms with Crippen LogP contribution in [0, 0.1) is 0 Å². The van der Waals surface area contributed by atoms with Gasteiger partial charge in [0.1, 0.15) is 11.1 Å². The summed E-state index contributed by atoms with van der Waals surface area (Å²) in [5.74, 6) is -0.751. The zero-order chi connectivity index (χ0) is 10.1. The van der Waals surface area contributed by atoms with E-state index in [1.54, 1.807) is 12.1 Å². The van der Waals surface area contributed by atoms with Crippen molar-refractivity contribution in [1.82, 2.24) is 9.97 Å². The number of carbonyl (C=O) groups excluding carboxylic acids is 1. The zero-order valence-electron chi connectivity index (χ0n) is 7.15. The van der Waals surface area contributed by atoms with Gasteiger partial charge in [-0.1, -0.05) is 0 Å². The first-order chi connectivity index (χ1) is 6.70. The number of hydrogen-bond donors (Lipinski definition) is 2. The third kappa shape index (κ3) is 1.15. The van der Waals surface area contributed by atoms with Gasteiger partial charge >= 0.3 is 0 Å². The fraction of sp³-hybridized carbons (Fsp3) is 0. The first kappa shape index (κ1) is 8.43. The van der Waals surface area contributed by atoms with E-state index in [0.717, 1.165) is 0 Å². The second kappa shape index (κ2) is 2.95. The molecule has 0 bridgehead atoms. The predicted molar refractivity (Wildman–Crippen MR) is 50.9 cm³/mol. The lowest BCUT2D eigenvalue weighted by Crippen LogP contribution is -2.22. The molecule has 2 heterocycles. The van der Waals surface area contributed by atoms with E-state index in [9.17, 15) is 9.59 Å². The highest BCUT2D eigenvalue weighted by Gasteiger charge is 2.09. The van der Waals surface area contributed by atoms with E-state index in [2.05, 4.69) is 9.97 Å². The first-order valence-electron chi connectivity index (χ1n) is 3.96. The number of aromatic amines is 1. The van der Waals surface area contributed by atoms with Crippen molar-refractivity contribution in [2.75, 3.05) is 0 Å². The highest BCUT2D eigenvalue weighted by Crippen LogP contribution is 2.02. The molecule has 1 amide bonds. The third-order valence-electron chi connectivity index (χ3n) is 1.90. The summed E-state index contributed by atoms with van der Waals surface area (Å²) in [6.45, 7) is 0. The standard InChI is InChI=1S/C9H7N3O2/c10-9(14)5-4-12-6-2-1-3-11-7(6)8(5)13/h1-4H,(H2,10,14)(H,12,13). The number of primary amides is 1. The fourth-order valence-electron chi connectivity index (χ4n) is 1.23. The molecule has 0 atom stereocenters. The summed E-state index contributed by atoms with van der Waals surface area (Å²) in [4.78, 5) is 29.1. The molecule has 0 aliphatic rings. The summed E-state index contributed by atoms with van der Waals surface area (Å²) in [7, 11) is 0. The van der Waals surface area contributed by atoms with Crippen LogP contribution in [0.15, 0.2) is 29.3 Å². The molecule has 70 valence electrons. The largest absolute Gasteiger partial charge is 0.365 e. The topological polar surface area (TPSA) is 88.8 Å². The summed E-state index contributed by atoms with van der Waals surface area (Å²) < 4.78 is 0. The van der Waals surface area contributed by atoms with Gasteiger partial charge in [-0.3, -0.25) is 14.6 Å². The molecular weight excluding hydrogens is 182 g/mol. The Morgan fingerprint density at radius 1 is 1.50 bits per heavy atom. The summed E-state index contributed by atoms with van der Waals surface area (Å²) >= 11 is 0. The number of nitrogens with zero attached hydrogens (tertiary/aromatic N) is 1. The molecule has 2 rings (SSSR count). The first-order valence-corrected chi connectivity index (χ1v) is 3.96. The van der Waals surface area contributed by atoms with Gasteiger partial charge in [0, 0.05) is 12.4 Å². The second-order valence-electron chi connectivity index (χ2n) is 2.80. The van der Waals surface area contributed by atoms with Crippen LogP contribution in [0.5, 0.6) is 0 Å². The number of aromatic nitrogens is 2. The Hall–Kier alpha value is -2.17. The van der Waals surface area contributed by atoms with Gasteiger partial charge in [0.25, 0.3) is 5.91 Å². The number of carbonyl (C=O) groups is 1. The molecule has 0 unspecified atom stereocenters. The summed E-state index contributed by atoms with van der Waals surface area (Å²) in [6, 6.07) is 3.40. The predicted octanol–water partition coefficient (Wildman–Crippen LogP) is 0.0220. The maximum atomic E-state index is 11.6. The van der Waals surface area contributed by atoms with Crippen LogP contribution in [0.2, 0.25) is 0 Å². The van der Waals surface area contributed by atoms with Gasteiger partial charge in [-0.2, -0.15) is 0 Å². The molecule has 0 aliphatic heterocycles. The average molecular weight is 189 g/mol. The number of amides is 1. The minimum atomic E-state index is -0.751. The minimum absolute atomic E-state index is 0.0730. The monoisotopic (exact) mass is 189 g/mol. The van der Waals surface area contributed by atoms with Crippen molar-refractivity contribution in [3.05, 3.63) is 40.3 Å². The van der Waals surface area contributed by atoms with Gasteiger partial charge in [-0.05, 0) is 12.1 Å². The van der Waals surface area contributed by atoms with E-state index in [-0.39, 0.29) is 11.1 Å². The number of nitrogens with two attached hydrogens (primary N) is 1. The van der Waals surface area contributed by atoms with Crippen molar-refractivity contribution in [3.63, 3.8) is 0 Å². The van der Waals surface area contributed by atoms with E-state index >= 15 is 0 Å². The third-order valence-corrected chi connectivity index (χ3v) is 1.90. The SMILES string of the molecule is NC(=O)c1c[nH]c2cccnc2c1=O. The number of nitrogens with one attached hydrogen (secondary N) is 1. The molecule has 2 aromatic rings. The second-order valence-corrected chi connectivity index (χ2v) is 2.80. The highest BCUT2D eigenvalue weighted by atomic mass is 16.2. The molecule has 14 heavy (non-hydrogen) atoms. The maximum Gasteiger partial charge on any atom is 0.254 e. The molecule has 5 nitrogen and oxygen atoms in total. The van der Waals surface area contributed by atoms with Gasteiger partial charge in [-0.25, -0.2) is 0 Å².